The van der Waals surface area contributed by atoms with Crippen LogP contribution in [0.5, 0.6) is 0 Å². The average Bonchev–Trinajstić information content (AvgIpc) is 2.81. The summed E-state index contributed by atoms with van der Waals surface area (Å²) in [7, 11) is 1.32. The molecular formula is C26H34N2O5. The Labute approximate surface area is 195 Å². The Morgan fingerprint density at radius 3 is 2.27 bits per heavy atom. The van der Waals surface area contributed by atoms with Gasteiger partial charge in [-0.2, -0.15) is 0 Å². The van der Waals surface area contributed by atoms with Crippen molar-refractivity contribution in [2.24, 2.45) is 0 Å². The third-order valence-corrected chi connectivity index (χ3v) is 5.44. The number of aryl methyl sites for hydroxylation is 2. The fraction of sp³-hybridized carbons (Fsp3) is 0.423. The van der Waals surface area contributed by atoms with E-state index in [9.17, 15) is 14.4 Å². The average molecular weight is 455 g/mol. The highest BCUT2D eigenvalue weighted by Crippen LogP contribution is 2.16. The summed E-state index contributed by atoms with van der Waals surface area (Å²) in [5.41, 5.74) is 4.13. The molecule has 7 nitrogen and oxygen atoms in total. The Kier molecular flexibility index (Phi) is 10.9. The summed E-state index contributed by atoms with van der Waals surface area (Å²) in [5.74, 6) is -0.643. The normalized spacial score (nSPS) is 11.4. The Bertz CT molecular complexity index is 894. The minimum atomic E-state index is -0.719. The first kappa shape index (κ1) is 25.9. The van der Waals surface area contributed by atoms with Gasteiger partial charge in [0.05, 0.1) is 7.11 Å². The fourth-order valence-corrected chi connectivity index (χ4v) is 3.53. The van der Waals surface area contributed by atoms with Crippen molar-refractivity contribution < 1.29 is 23.9 Å². The quantitative estimate of drug-likeness (QED) is 0.374. The number of unbranched alkanes of at least 4 members (excludes halogenated alkanes) is 2. The summed E-state index contributed by atoms with van der Waals surface area (Å²) in [6.07, 6.45) is 2.40. The van der Waals surface area contributed by atoms with Crippen molar-refractivity contribution in [3.8, 4) is 0 Å². The number of methoxy groups -OCH3 is 1. The highest BCUT2D eigenvalue weighted by molar-refractivity contribution is 5.84. The van der Waals surface area contributed by atoms with E-state index in [1.807, 2.05) is 62.4 Å². The number of hydrogen-bond acceptors (Lipinski definition) is 5. The lowest BCUT2D eigenvalue weighted by Gasteiger charge is -2.19. The van der Waals surface area contributed by atoms with Gasteiger partial charge in [-0.3, -0.25) is 4.79 Å². The second kappa shape index (κ2) is 13.9. The molecule has 0 aromatic heterocycles. The summed E-state index contributed by atoms with van der Waals surface area (Å²) >= 11 is 0. The van der Waals surface area contributed by atoms with Crippen molar-refractivity contribution in [1.82, 2.24) is 10.6 Å². The molecule has 0 aliphatic heterocycles. The molecule has 7 heteroatoms. The minimum absolute atomic E-state index is 0.188. The van der Waals surface area contributed by atoms with Gasteiger partial charge in [0.2, 0.25) is 5.91 Å². The lowest BCUT2D eigenvalue weighted by atomic mass is 9.96. The Balaban J connectivity index is 1.66. The molecule has 0 aliphatic carbocycles. The third kappa shape index (κ3) is 9.35. The molecule has 0 heterocycles. The van der Waals surface area contributed by atoms with E-state index >= 15 is 0 Å². The number of hydrogen-bond donors (Lipinski definition) is 2. The molecule has 2 amide bonds. The highest BCUT2D eigenvalue weighted by Gasteiger charge is 2.23. The summed E-state index contributed by atoms with van der Waals surface area (Å²) in [6.45, 7) is 4.69. The summed E-state index contributed by atoms with van der Waals surface area (Å²) < 4.78 is 10.0. The number of alkyl carbamates (subject to hydrolysis) is 1. The smallest absolute Gasteiger partial charge is 0.407 e. The van der Waals surface area contributed by atoms with Crippen molar-refractivity contribution >= 4 is 18.0 Å². The van der Waals surface area contributed by atoms with Gasteiger partial charge in [-0.1, -0.05) is 55.0 Å². The van der Waals surface area contributed by atoms with E-state index in [1.54, 1.807) is 0 Å². The molecule has 0 unspecified atom stereocenters. The Morgan fingerprint density at radius 2 is 1.61 bits per heavy atom. The molecule has 2 aromatic rings. The van der Waals surface area contributed by atoms with E-state index < -0.39 is 18.1 Å². The van der Waals surface area contributed by atoms with Crippen LogP contribution in [0.3, 0.4) is 0 Å². The van der Waals surface area contributed by atoms with Crippen molar-refractivity contribution in [2.75, 3.05) is 13.7 Å². The van der Waals surface area contributed by atoms with E-state index in [0.29, 0.717) is 25.8 Å². The molecule has 1 atom stereocenters. The molecule has 2 aromatic carbocycles. The number of carbonyl (C=O) groups is 3. The van der Waals surface area contributed by atoms with Crippen LogP contribution >= 0.6 is 0 Å². The number of rotatable bonds is 12. The van der Waals surface area contributed by atoms with E-state index in [-0.39, 0.29) is 12.5 Å². The first-order valence-corrected chi connectivity index (χ1v) is 11.3. The Morgan fingerprint density at radius 1 is 0.909 bits per heavy atom. The fourth-order valence-electron chi connectivity index (χ4n) is 3.53. The standard InChI is InChI=1S/C26H34N2O5/c1-19-11-10-12-20(2)22(19)17-23(25(30)32-3)28-24(29)15-8-5-9-16-27-26(31)33-18-21-13-6-4-7-14-21/h4,6-7,10-14,23H,5,8-9,15-18H2,1-3H3,(H,27,31)(H,28,29)/t23-/m1/s1. The second-order valence-corrected chi connectivity index (χ2v) is 8.02. The molecule has 0 spiro atoms. The van der Waals surface area contributed by atoms with Gasteiger partial charge in [0.1, 0.15) is 12.6 Å². The van der Waals surface area contributed by atoms with E-state index in [0.717, 1.165) is 35.1 Å². The maximum absolute atomic E-state index is 12.4. The van der Waals surface area contributed by atoms with E-state index in [2.05, 4.69) is 10.6 Å². The highest BCUT2D eigenvalue weighted by atomic mass is 16.5. The number of ether oxygens (including phenoxy) is 2. The summed E-state index contributed by atoms with van der Waals surface area (Å²) in [4.78, 5) is 36.3. The number of nitrogens with one attached hydrogen (secondary N) is 2. The Hall–Kier alpha value is -3.35. The first-order chi connectivity index (χ1) is 15.9. The van der Waals surface area contributed by atoms with Crippen LogP contribution in [-0.2, 0) is 32.1 Å². The van der Waals surface area contributed by atoms with Gasteiger partial charge in [-0.15, -0.1) is 0 Å². The zero-order chi connectivity index (χ0) is 24.1. The van der Waals surface area contributed by atoms with Gasteiger partial charge in [0, 0.05) is 19.4 Å². The largest absolute Gasteiger partial charge is 0.467 e. The van der Waals surface area contributed by atoms with Gasteiger partial charge in [-0.25, -0.2) is 9.59 Å². The van der Waals surface area contributed by atoms with Crippen LogP contribution in [0.2, 0.25) is 0 Å². The maximum Gasteiger partial charge on any atom is 0.407 e. The number of amides is 2. The lowest BCUT2D eigenvalue weighted by Crippen LogP contribution is -2.43. The van der Waals surface area contributed by atoms with Crippen LogP contribution in [-0.4, -0.2) is 37.7 Å². The molecular weight excluding hydrogens is 420 g/mol. The van der Waals surface area contributed by atoms with Crippen molar-refractivity contribution in [2.45, 2.75) is 58.6 Å². The van der Waals surface area contributed by atoms with Gasteiger partial charge in [0.25, 0.3) is 0 Å². The maximum atomic E-state index is 12.4. The summed E-state index contributed by atoms with van der Waals surface area (Å²) in [5, 5.41) is 5.52. The molecule has 0 bridgehead atoms. The zero-order valence-electron chi connectivity index (χ0n) is 19.7. The zero-order valence-corrected chi connectivity index (χ0v) is 19.7. The second-order valence-electron chi connectivity index (χ2n) is 8.02. The minimum Gasteiger partial charge on any atom is -0.467 e. The number of carbonyl (C=O) groups excluding carboxylic acids is 3. The molecule has 0 aliphatic rings. The van der Waals surface area contributed by atoms with Crippen LogP contribution in [0.25, 0.3) is 0 Å². The predicted octanol–water partition coefficient (Wildman–Crippen LogP) is 3.99. The first-order valence-electron chi connectivity index (χ1n) is 11.3. The monoisotopic (exact) mass is 454 g/mol. The van der Waals surface area contributed by atoms with Crippen LogP contribution in [0, 0.1) is 13.8 Å². The summed E-state index contributed by atoms with van der Waals surface area (Å²) in [6, 6.07) is 14.7. The topological polar surface area (TPSA) is 93.7 Å². The van der Waals surface area contributed by atoms with Crippen LogP contribution in [0.15, 0.2) is 48.5 Å². The number of esters is 1. The molecule has 0 saturated heterocycles. The van der Waals surface area contributed by atoms with Crippen molar-refractivity contribution in [3.63, 3.8) is 0 Å². The SMILES string of the molecule is COC(=O)[C@@H](Cc1c(C)cccc1C)NC(=O)CCCCCNC(=O)OCc1ccccc1. The van der Waals surface area contributed by atoms with Crippen LogP contribution in [0.1, 0.15) is 47.9 Å². The molecule has 178 valence electrons. The van der Waals surface area contributed by atoms with Gasteiger partial charge in [-0.05, 0) is 48.9 Å². The molecule has 0 fully saturated rings. The van der Waals surface area contributed by atoms with Crippen molar-refractivity contribution in [1.29, 1.82) is 0 Å². The van der Waals surface area contributed by atoms with E-state index in [4.69, 9.17) is 9.47 Å². The molecule has 0 radical (unpaired) electrons. The van der Waals surface area contributed by atoms with E-state index in [1.165, 1.54) is 7.11 Å². The van der Waals surface area contributed by atoms with Crippen molar-refractivity contribution in [3.05, 3.63) is 70.8 Å². The van der Waals surface area contributed by atoms with Gasteiger partial charge >= 0.3 is 12.1 Å². The predicted molar refractivity (Wildman–Crippen MR) is 127 cm³/mol. The number of benzene rings is 2. The van der Waals surface area contributed by atoms with Gasteiger partial charge < -0.3 is 20.1 Å². The third-order valence-electron chi connectivity index (χ3n) is 5.44. The van der Waals surface area contributed by atoms with Crippen LogP contribution < -0.4 is 10.6 Å². The molecule has 33 heavy (non-hydrogen) atoms. The lowest BCUT2D eigenvalue weighted by molar-refractivity contribution is -0.145. The van der Waals surface area contributed by atoms with Crippen LogP contribution in [0.4, 0.5) is 4.79 Å². The molecule has 2 rings (SSSR count). The molecule has 0 saturated carbocycles. The van der Waals surface area contributed by atoms with Gasteiger partial charge in [0.15, 0.2) is 0 Å². The molecule has 2 N–H and O–H groups in total.